The summed E-state index contributed by atoms with van der Waals surface area (Å²) in [6.07, 6.45) is 1.24. The molecule has 0 aliphatic carbocycles. The van der Waals surface area contributed by atoms with Gasteiger partial charge in [-0.15, -0.1) is 0 Å². The van der Waals surface area contributed by atoms with Crippen molar-refractivity contribution in [3.8, 4) is 22.8 Å². The van der Waals surface area contributed by atoms with Crippen LogP contribution in [0.2, 0.25) is 0 Å². The number of aliphatic hydroxyl groups is 1. The molecule has 5 heteroatoms. The first-order valence-corrected chi connectivity index (χ1v) is 8.49. The molecule has 3 rings (SSSR count). The van der Waals surface area contributed by atoms with Crippen LogP contribution in [0.1, 0.15) is 24.7 Å². The Labute approximate surface area is 153 Å². The number of aromatic nitrogens is 1. The third kappa shape index (κ3) is 4.06. The molecule has 1 heterocycles. The Bertz CT molecular complexity index is 835. The van der Waals surface area contributed by atoms with Crippen LogP contribution in [0.4, 0.5) is 0 Å². The van der Waals surface area contributed by atoms with Crippen molar-refractivity contribution < 1.29 is 19.1 Å². The topological polar surface area (TPSA) is 64.7 Å². The van der Waals surface area contributed by atoms with Crippen molar-refractivity contribution in [2.24, 2.45) is 0 Å². The summed E-state index contributed by atoms with van der Waals surface area (Å²) in [6.45, 7) is 1.74. The van der Waals surface area contributed by atoms with E-state index in [1.807, 2.05) is 48.5 Å². The lowest BCUT2D eigenvalue weighted by atomic mass is 9.94. The van der Waals surface area contributed by atoms with Gasteiger partial charge in [-0.3, -0.25) is 0 Å². The van der Waals surface area contributed by atoms with E-state index in [0.717, 1.165) is 29.0 Å². The number of nitrogens with zero attached hydrogens (tertiary/aromatic N) is 1. The summed E-state index contributed by atoms with van der Waals surface area (Å²) in [6, 6.07) is 17.2. The minimum Gasteiger partial charge on any atom is -0.497 e. The Morgan fingerprint density at radius 1 is 0.962 bits per heavy atom. The van der Waals surface area contributed by atoms with Gasteiger partial charge in [-0.05, 0) is 61.7 Å². The monoisotopic (exact) mass is 353 g/mol. The fraction of sp³-hybridized carbons (Fsp3) is 0.286. The highest BCUT2D eigenvalue weighted by Crippen LogP contribution is 2.30. The highest BCUT2D eigenvalue weighted by molar-refractivity contribution is 5.60. The molecule has 0 radical (unpaired) electrons. The minimum absolute atomic E-state index is 0.455. The van der Waals surface area contributed by atoms with Gasteiger partial charge in [-0.2, -0.15) is 0 Å². The Kier molecular flexibility index (Phi) is 5.28. The first kappa shape index (κ1) is 18.0. The fourth-order valence-corrected chi connectivity index (χ4v) is 2.73. The van der Waals surface area contributed by atoms with Gasteiger partial charge in [0.1, 0.15) is 22.8 Å². The van der Waals surface area contributed by atoms with Crippen molar-refractivity contribution >= 4 is 0 Å². The van der Waals surface area contributed by atoms with E-state index in [1.165, 1.54) is 0 Å². The van der Waals surface area contributed by atoms with Crippen molar-refractivity contribution in [3.63, 3.8) is 0 Å². The number of aryl methyl sites for hydroxylation is 1. The maximum absolute atomic E-state index is 10.8. The number of methoxy groups -OCH3 is 2. The molecule has 0 fully saturated rings. The van der Waals surface area contributed by atoms with Crippen LogP contribution in [0.5, 0.6) is 11.5 Å². The summed E-state index contributed by atoms with van der Waals surface area (Å²) >= 11 is 0. The van der Waals surface area contributed by atoms with E-state index in [4.69, 9.17) is 14.0 Å². The largest absolute Gasteiger partial charge is 0.497 e. The average Bonchev–Trinajstić information content (AvgIpc) is 3.18. The number of ether oxygens (including phenoxy) is 2. The zero-order chi connectivity index (χ0) is 18.6. The molecule has 0 saturated carbocycles. The van der Waals surface area contributed by atoms with E-state index in [2.05, 4.69) is 5.16 Å². The Morgan fingerprint density at radius 3 is 2.12 bits per heavy atom. The standard InChI is InChI=1S/C21H23NO4/c1-21(23,13-12-15-4-8-17(24-2)9-5-15)20-14-19(22-26-20)16-6-10-18(25-3)11-7-16/h4-11,14,23H,12-13H2,1-3H3/t21-/m1/s1. The van der Waals surface area contributed by atoms with Gasteiger partial charge in [0.2, 0.25) is 0 Å². The van der Waals surface area contributed by atoms with Crippen molar-refractivity contribution in [1.82, 2.24) is 5.16 Å². The normalized spacial score (nSPS) is 13.2. The van der Waals surface area contributed by atoms with Crippen LogP contribution in [-0.4, -0.2) is 24.5 Å². The van der Waals surface area contributed by atoms with Crippen LogP contribution in [0.15, 0.2) is 59.1 Å². The number of hydrogen-bond donors (Lipinski definition) is 1. The van der Waals surface area contributed by atoms with Crippen molar-refractivity contribution in [2.75, 3.05) is 14.2 Å². The minimum atomic E-state index is -1.10. The number of hydrogen-bond acceptors (Lipinski definition) is 5. The molecule has 136 valence electrons. The van der Waals surface area contributed by atoms with Gasteiger partial charge in [-0.1, -0.05) is 17.3 Å². The van der Waals surface area contributed by atoms with Gasteiger partial charge in [0.15, 0.2) is 5.76 Å². The van der Waals surface area contributed by atoms with Crippen LogP contribution in [0, 0.1) is 0 Å². The van der Waals surface area contributed by atoms with Gasteiger partial charge < -0.3 is 19.1 Å². The van der Waals surface area contributed by atoms with E-state index < -0.39 is 5.60 Å². The van der Waals surface area contributed by atoms with E-state index in [9.17, 15) is 5.11 Å². The second kappa shape index (κ2) is 7.62. The molecule has 1 aromatic heterocycles. The zero-order valence-corrected chi connectivity index (χ0v) is 15.2. The molecular formula is C21H23NO4. The second-order valence-corrected chi connectivity index (χ2v) is 6.43. The highest BCUT2D eigenvalue weighted by Gasteiger charge is 2.28. The molecule has 3 aromatic rings. The molecule has 0 aliphatic heterocycles. The molecule has 0 spiro atoms. The van der Waals surface area contributed by atoms with Gasteiger partial charge in [-0.25, -0.2) is 0 Å². The SMILES string of the molecule is COc1ccc(CC[C@@](C)(O)c2cc(-c3ccc(OC)cc3)no2)cc1. The molecule has 0 aliphatic rings. The lowest BCUT2D eigenvalue weighted by Crippen LogP contribution is -2.21. The third-order valence-electron chi connectivity index (χ3n) is 4.49. The van der Waals surface area contributed by atoms with Crippen LogP contribution < -0.4 is 9.47 Å². The van der Waals surface area contributed by atoms with Crippen molar-refractivity contribution in [1.29, 1.82) is 0 Å². The van der Waals surface area contributed by atoms with Gasteiger partial charge in [0.05, 0.1) is 14.2 Å². The Morgan fingerprint density at radius 2 is 1.54 bits per heavy atom. The summed E-state index contributed by atoms with van der Waals surface area (Å²) in [5.41, 5.74) is 1.62. The summed E-state index contributed by atoms with van der Waals surface area (Å²) < 4.78 is 15.7. The predicted octanol–water partition coefficient (Wildman–Crippen LogP) is 4.20. The van der Waals surface area contributed by atoms with Crippen molar-refractivity contribution in [3.05, 3.63) is 65.9 Å². The van der Waals surface area contributed by atoms with Crippen LogP contribution in [0.3, 0.4) is 0 Å². The fourth-order valence-electron chi connectivity index (χ4n) is 2.73. The lowest BCUT2D eigenvalue weighted by molar-refractivity contribution is 0.0200. The van der Waals surface area contributed by atoms with Crippen molar-refractivity contribution in [2.45, 2.75) is 25.4 Å². The predicted molar refractivity (Wildman–Crippen MR) is 99.4 cm³/mol. The van der Waals surface area contributed by atoms with Crippen LogP contribution in [0.25, 0.3) is 11.3 Å². The summed E-state index contributed by atoms with van der Waals surface area (Å²) in [5, 5.41) is 14.9. The van der Waals surface area contributed by atoms with E-state index in [1.54, 1.807) is 27.2 Å². The van der Waals surface area contributed by atoms with Crippen LogP contribution >= 0.6 is 0 Å². The number of benzene rings is 2. The van der Waals surface area contributed by atoms with Gasteiger partial charge in [0, 0.05) is 11.6 Å². The Hall–Kier alpha value is -2.79. The maximum Gasteiger partial charge on any atom is 0.168 e. The zero-order valence-electron chi connectivity index (χ0n) is 15.2. The molecule has 1 atom stereocenters. The quantitative estimate of drug-likeness (QED) is 0.690. The van der Waals surface area contributed by atoms with E-state index in [-0.39, 0.29) is 0 Å². The van der Waals surface area contributed by atoms with Gasteiger partial charge in [0.25, 0.3) is 0 Å². The van der Waals surface area contributed by atoms with Crippen LogP contribution in [-0.2, 0) is 12.0 Å². The number of rotatable bonds is 7. The molecule has 0 saturated heterocycles. The first-order chi connectivity index (χ1) is 12.5. The third-order valence-corrected chi connectivity index (χ3v) is 4.49. The molecule has 2 aromatic carbocycles. The van der Waals surface area contributed by atoms with E-state index >= 15 is 0 Å². The molecular weight excluding hydrogens is 330 g/mol. The molecule has 0 bridgehead atoms. The first-order valence-electron chi connectivity index (χ1n) is 8.49. The maximum atomic E-state index is 10.8. The summed E-state index contributed by atoms with van der Waals surface area (Å²) in [7, 11) is 3.27. The van der Waals surface area contributed by atoms with Gasteiger partial charge >= 0.3 is 0 Å². The molecule has 1 N–H and O–H groups in total. The smallest absolute Gasteiger partial charge is 0.168 e. The molecule has 26 heavy (non-hydrogen) atoms. The Balaban J connectivity index is 1.69. The average molecular weight is 353 g/mol. The lowest BCUT2D eigenvalue weighted by Gasteiger charge is -2.19. The van der Waals surface area contributed by atoms with E-state index in [0.29, 0.717) is 17.9 Å². The summed E-state index contributed by atoms with van der Waals surface area (Å²) in [5.74, 6) is 2.06. The molecule has 5 nitrogen and oxygen atoms in total. The highest BCUT2D eigenvalue weighted by atomic mass is 16.5. The molecule has 0 unspecified atom stereocenters. The molecule has 0 amide bonds. The summed E-state index contributed by atoms with van der Waals surface area (Å²) in [4.78, 5) is 0. The second-order valence-electron chi connectivity index (χ2n) is 6.43.